The van der Waals surface area contributed by atoms with Crippen molar-refractivity contribution in [2.75, 3.05) is 45.2 Å². The Labute approximate surface area is 165 Å². The predicted molar refractivity (Wildman–Crippen MR) is 114 cm³/mol. The second-order valence-electron chi connectivity index (χ2n) is 6.80. The molecule has 144 valence electrons. The van der Waals surface area contributed by atoms with E-state index in [2.05, 4.69) is 46.8 Å². The Morgan fingerprint density at radius 2 is 2.08 bits per heavy atom. The maximum absolute atomic E-state index is 11.8. The van der Waals surface area contributed by atoms with Crippen LogP contribution in [0.15, 0.2) is 40.2 Å². The van der Waals surface area contributed by atoms with Crippen LogP contribution in [-0.4, -0.2) is 66.7 Å². The van der Waals surface area contributed by atoms with Crippen molar-refractivity contribution in [3.05, 3.63) is 30.3 Å². The molecule has 5 nitrogen and oxygen atoms in total. The van der Waals surface area contributed by atoms with Crippen molar-refractivity contribution in [3.63, 3.8) is 0 Å². The minimum absolute atomic E-state index is 0.00575. The third-order valence-corrected chi connectivity index (χ3v) is 6.76. The molecule has 0 aliphatic carbocycles. The van der Waals surface area contributed by atoms with Crippen LogP contribution in [0.1, 0.15) is 19.8 Å². The van der Waals surface area contributed by atoms with Crippen molar-refractivity contribution in [1.29, 1.82) is 0 Å². The van der Waals surface area contributed by atoms with E-state index in [4.69, 9.17) is 0 Å². The quantitative estimate of drug-likeness (QED) is 0.307. The number of nitrogens with one attached hydrogen (secondary N) is 2. The van der Waals surface area contributed by atoms with Crippen LogP contribution in [0.4, 0.5) is 0 Å². The molecule has 1 aliphatic rings. The summed E-state index contributed by atoms with van der Waals surface area (Å²) in [6.45, 7) is 4.13. The standard InChI is InChI=1S/C19H30N4OS2/c1-19(10-7-12-26-19)15-22-18(21-14-17(24)23(2)3)20-11-13-25-16-8-5-4-6-9-16/h4-6,8-9H,7,10-15H2,1-3H3,(H2,20,21,22). The van der Waals surface area contributed by atoms with Gasteiger partial charge in [0.1, 0.15) is 6.54 Å². The Bertz CT molecular complexity index is 586. The summed E-state index contributed by atoms with van der Waals surface area (Å²) in [6.07, 6.45) is 2.49. The minimum Gasteiger partial charge on any atom is -0.356 e. The molecule has 2 N–H and O–H groups in total. The van der Waals surface area contributed by atoms with Gasteiger partial charge in [-0.2, -0.15) is 11.8 Å². The monoisotopic (exact) mass is 394 g/mol. The number of rotatable bonds is 8. The molecule has 1 aromatic rings. The lowest BCUT2D eigenvalue weighted by molar-refractivity contribution is -0.127. The van der Waals surface area contributed by atoms with Crippen molar-refractivity contribution < 1.29 is 4.79 Å². The number of carbonyl (C=O) groups is 1. The third-order valence-electron chi connectivity index (χ3n) is 4.21. The highest BCUT2D eigenvalue weighted by Crippen LogP contribution is 2.36. The molecule has 0 bridgehead atoms. The van der Waals surface area contributed by atoms with Gasteiger partial charge in [-0.1, -0.05) is 18.2 Å². The molecular weight excluding hydrogens is 364 g/mol. The van der Waals surface area contributed by atoms with Gasteiger partial charge < -0.3 is 15.5 Å². The van der Waals surface area contributed by atoms with E-state index in [1.54, 1.807) is 19.0 Å². The number of hydrogen-bond donors (Lipinski definition) is 2. The number of aliphatic imine (C=N–C) groups is 1. The number of guanidine groups is 1. The van der Waals surface area contributed by atoms with E-state index < -0.39 is 0 Å². The molecule has 1 aromatic carbocycles. The summed E-state index contributed by atoms with van der Waals surface area (Å²) in [4.78, 5) is 19.1. The number of carbonyl (C=O) groups excluding carboxylic acids is 1. The SMILES string of the molecule is CN(C)C(=O)CN=C(NCCSc1ccccc1)NCC1(C)CCCS1. The number of nitrogens with zero attached hydrogens (tertiary/aromatic N) is 2. The minimum atomic E-state index is 0.00575. The fourth-order valence-electron chi connectivity index (χ4n) is 2.56. The summed E-state index contributed by atoms with van der Waals surface area (Å²) >= 11 is 3.83. The summed E-state index contributed by atoms with van der Waals surface area (Å²) in [5.74, 6) is 2.90. The molecule has 0 radical (unpaired) electrons. The molecule has 0 saturated carbocycles. The molecule has 0 aromatic heterocycles. The van der Waals surface area contributed by atoms with Gasteiger partial charge in [0.25, 0.3) is 0 Å². The van der Waals surface area contributed by atoms with E-state index in [9.17, 15) is 4.79 Å². The van der Waals surface area contributed by atoms with Crippen molar-refractivity contribution in [1.82, 2.24) is 15.5 Å². The van der Waals surface area contributed by atoms with Gasteiger partial charge in [0.05, 0.1) is 0 Å². The highest BCUT2D eigenvalue weighted by molar-refractivity contribution is 8.00. The first-order chi connectivity index (χ1) is 12.5. The first kappa shape index (κ1) is 21.0. The van der Waals surface area contributed by atoms with E-state index in [1.165, 1.54) is 23.5 Å². The summed E-state index contributed by atoms with van der Waals surface area (Å²) in [6, 6.07) is 10.4. The van der Waals surface area contributed by atoms with E-state index in [0.717, 1.165) is 24.8 Å². The number of amides is 1. The van der Waals surface area contributed by atoms with Gasteiger partial charge in [-0.25, -0.2) is 4.99 Å². The molecule has 2 rings (SSSR count). The molecular formula is C19H30N4OS2. The average molecular weight is 395 g/mol. The molecule has 7 heteroatoms. The zero-order chi connectivity index (χ0) is 18.8. The Morgan fingerprint density at radius 1 is 1.31 bits per heavy atom. The maximum atomic E-state index is 11.8. The van der Waals surface area contributed by atoms with Gasteiger partial charge in [-0.3, -0.25) is 4.79 Å². The molecule has 1 fully saturated rings. The topological polar surface area (TPSA) is 56.7 Å². The largest absolute Gasteiger partial charge is 0.356 e. The van der Waals surface area contributed by atoms with Crippen LogP contribution in [-0.2, 0) is 4.79 Å². The van der Waals surface area contributed by atoms with E-state index in [1.807, 2.05) is 29.6 Å². The smallest absolute Gasteiger partial charge is 0.243 e. The molecule has 26 heavy (non-hydrogen) atoms. The van der Waals surface area contributed by atoms with Crippen molar-refractivity contribution in [3.8, 4) is 0 Å². The summed E-state index contributed by atoms with van der Waals surface area (Å²) in [5, 5.41) is 6.80. The van der Waals surface area contributed by atoms with Crippen LogP contribution < -0.4 is 10.6 Å². The van der Waals surface area contributed by atoms with Crippen LogP contribution in [0.2, 0.25) is 0 Å². The molecule has 1 heterocycles. The number of benzene rings is 1. The van der Waals surface area contributed by atoms with Gasteiger partial charge in [-0.05, 0) is 37.7 Å². The van der Waals surface area contributed by atoms with Crippen molar-refractivity contribution >= 4 is 35.4 Å². The zero-order valence-electron chi connectivity index (χ0n) is 16.0. The predicted octanol–water partition coefficient (Wildman–Crippen LogP) is 2.69. The molecule has 0 spiro atoms. The summed E-state index contributed by atoms with van der Waals surface area (Å²) in [5.41, 5.74) is 0. The second-order valence-corrected chi connectivity index (χ2v) is 9.65. The Kier molecular flexibility index (Phi) is 8.65. The maximum Gasteiger partial charge on any atom is 0.243 e. The second kappa shape index (κ2) is 10.7. The first-order valence-electron chi connectivity index (χ1n) is 9.03. The Balaban J connectivity index is 1.82. The first-order valence-corrected chi connectivity index (χ1v) is 11.0. The third kappa shape index (κ3) is 7.50. The lowest BCUT2D eigenvalue weighted by atomic mass is 10.1. The van der Waals surface area contributed by atoms with Crippen LogP contribution in [0.5, 0.6) is 0 Å². The lowest BCUT2D eigenvalue weighted by Crippen LogP contribution is -2.44. The van der Waals surface area contributed by atoms with Gasteiger partial charge >= 0.3 is 0 Å². The van der Waals surface area contributed by atoms with Crippen LogP contribution in [0.25, 0.3) is 0 Å². The van der Waals surface area contributed by atoms with Gasteiger partial charge in [0.15, 0.2) is 5.96 Å². The fourth-order valence-corrected chi connectivity index (χ4v) is 4.60. The summed E-state index contributed by atoms with van der Waals surface area (Å²) < 4.78 is 0.257. The highest BCUT2D eigenvalue weighted by atomic mass is 32.2. The van der Waals surface area contributed by atoms with Crippen LogP contribution in [0.3, 0.4) is 0 Å². The number of likely N-dealkylation sites (N-methyl/N-ethyl adjacent to an activating group) is 1. The molecule has 1 saturated heterocycles. The Morgan fingerprint density at radius 3 is 2.73 bits per heavy atom. The van der Waals surface area contributed by atoms with Crippen LogP contribution >= 0.6 is 23.5 Å². The molecule has 1 amide bonds. The van der Waals surface area contributed by atoms with Gasteiger partial charge in [-0.15, -0.1) is 11.8 Å². The van der Waals surface area contributed by atoms with E-state index >= 15 is 0 Å². The highest BCUT2D eigenvalue weighted by Gasteiger charge is 2.29. The van der Waals surface area contributed by atoms with E-state index in [0.29, 0.717) is 0 Å². The van der Waals surface area contributed by atoms with Crippen molar-refractivity contribution in [2.24, 2.45) is 4.99 Å². The lowest BCUT2D eigenvalue weighted by Gasteiger charge is -2.24. The molecule has 1 atom stereocenters. The van der Waals surface area contributed by atoms with E-state index in [-0.39, 0.29) is 17.2 Å². The van der Waals surface area contributed by atoms with Crippen LogP contribution in [0, 0.1) is 0 Å². The van der Waals surface area contributed by atoms with Crippen molar-refractivity contribution in [2.45, 2.75) is 29.4 Å². The summed E-state index contributed by atoms with van der Waals surface area (Å²) in [7, 11) is 3.51. The van der Waals surface area contributed by atoms with Gasteiger partial charge in [0.2, 0.25) is 5.91 Å². The van der Waals surface area contributed by atoms with Gasteiger partial charge in [0, 0.05) is 42.6 Å². The Hall–Kier alpha value is -1.34. The number of thioether (sulfide) groups is 2. The fraction of sp³-hybridized carbons (Fsp3) is 0.579. The zero-order valence-corrected chi connectivity index (χ0v) is 17.6. The molecule has 1 aliphatic heterocycles. The molecule has 1 unspecified atom stereocenters. The normalized spacial score (nSPS) is 20.0. The number of hydrogen-bond acceptors (Lipinski definition) is 4. The average Bonchev–Trinajstić information content (AvgIpc) is 3.07.